The van der Waals surface area contributed by atoms with Gasteiger partial charge in [-0.15, -0.1) is 24.0 Å². The Hall–Kier alpha value is -2.04. The van der Waals surface area contributed by atoms with Crippen molar-refractivity contribution in [3.8, 4) is 11.5 Å². The second kappa shape index (κ2) is 14.3. The Morgan fingerprint density at radius 1 is 1.18 bits per heavy atom. The lowest BCUT2D eigenvalue weighted by molar-refractivity contribution is 0.181. The number of likely N-dealkylation sites (tertiary alicyclic amines) is 1. The largest absolute Gasteiger partial charge is 0.497 e. The van der Waals surface area contributed by atoms with Gasteiger partial charge in [0, 0.05) is 31.2 Å². The quantitative estimate of drug-likeness (QED) is 0.244. The Balaban J connectivity index is 0.00000385. The molecule has 1 aliphatic heterocycles. The van der Waals surface area contributed by atoms with Crippen molar-refractivity contribution in [3.63, 3.8) is 0 Å². The van der Waals surface area contributed by atoms with Gasteiger partial charge in [-0.2, -0.15) is 0 Å². The molecule has 3 rings (SSSR count). The van der Waals surface area contributed by atoms with Crippen molar-refractivity contribution in [2.24, 2.45) is 4.99 Å². The highest BCUT2D eigenvalue weighted by molar-refractivity contribution is 14.0. The van der Waals surface area contributed by atoms with Crippen LogP contribution in [0.2, 0.25) is 0 Å². The maximum Gasteiger partial charge on any atom is 0.191 e. The molecule has 1 aliphatic rings. The van der Waals surface area contributed by atoms with E-state index in [2.05, 4.69) is 50.9 Å². The normalized spacial score (nSPS) is 17.6. The summed E-state index contributed by atoms with van der Waals surface area (Å²) in [6.07, 6.45) is 1.45. The number of halogens is 1. The van der Waals surface area contributed by atoms with Crippen LogP contribution in [-0.2, 0) is 6.54 Å². The Kier molecular flexibility index (Phi) is 11.8. The molecule has 0 aromatic heterocycles. The van der Waals surface area contributed by atoms with Gasteiger partial charge in [0.1, 0.15) is 17.6 Å². The SMILES string of the molecule is CCNC(=NCC(O)c1cc(OC)ccc1OC)NC1CCCN(Cc2ccccc2)C1.I. The fraction of sp³-hybridized carbons (Fsp3) is 0.480. The number of piperidine rings is 1. The summed E-state index contributed by atoms with van der Waals surface area (Å²) < 4.78 is 10.7. The summed E-state index contributed by atoms with van der Waals surface area (Å²) in [6, 6.07) is 16.3. The second-order valence-electron chi connectivity index (χ2n) is 8.05. The molecule has 2 aromatic carbocycles. The average Bonchev–Trinajstić information content (AvgIpc) is 2.83. The van der Waals surface area contributed by atoms with Crippen LogP contribution in [-0.4, -0.2) is 62.4 Å². The number of guanidine groups is 1. The minimum atomic E-state index is -0.795. The minimum absolute atomic E-state index is 0. The maximum atomic E-state index is 10.8. The molecule has 3 N–H and O–H groups in total. The molecule has 0 aliphatic carbocycles. The van der Waals surface area contributed by atoms with Crippen molar-refractivity contribution in [2.75, 3.05) is 40.4 Å². The molecular weight excluding hydrogens is 531 g/mol. The summed E-state index contributed by atoms with van der Waals surface area (Å²) in [5.74, 6) is 2.02. The fourth-order valence-corrected chi connectivity index (χ4v) is 4.05. The summed E-state index contributed by atoms with van der Waals surface area (Å²) in [7, 11) is 3.20. The van der Waals surface area contributed by atoms with Crippen LogP contribution < -0.4 is 20.1 Å². The number of nitrogens with one attached hydrogen (secondary N) is 2. The first-order valence-corrected chi connectivity index (χ1v) is 11.3. The topological polar surface area (TPSA) is 78.4 Å². The predicted octanol–water partition coefficient (Wildman–Crippen LogP) is 3.57. The molecule has 2 atom stereocenters. The van der Waals surface area contributed by atoms with E-state index >= 15 is 0 Å². The van der Waals surface area contributed by atoms with Crippen LogP contribution in [0.25, 0.3) is 0 Å². The molecule has 0 spiro atoms. The van der Waals surface area contributed by atoms with Gasteiger partial charge in [0.15, 0.2) is 5.96 Å². The third-order valence-corrected chi connectivity index (χ3v) is 5.66. The number of benzene rings is 2. The van der Waals surface area contributed by atoms with E-state index in [1.807, 2.05) is 13.0 Å². The van der Waals surface area contributed by atoms with E-state index < -0.39 is 6.10 Å². The standard InChI is InChI=1S/C25H36N4O3.HI/c1-4-26-25(27-16-23(30)22-15-21(31-2)12-13-24(22)32-3)28-20-11-8-14-29(18-20)17-19-9-6-5-7-10-19;/h5-7,9-10,12-13,15,20,23,30H,4,8,11,14,16-18H2,1-3H3,(H2,26,27,28);1H. The molecule has 1 saturated heterocycles. The molecule has 0 saturated carbocycles. The van der Waals surface area contributed by atoms with Crippen LogP contribution in [0.5, 0.6) is 11.5 Å². The number of ether oxygens (including phenoxy) is 2. The van der Waals surface area contributed by atoms with Crippen molar-refractivity contribution in [1.29, 1.82) is 0 Å². The number of rotatable bonds is 9. The number of aliphatic hydroxyl groups excluding tert-OH is 1. The smallest absolute Gasteiger partial charge is 0.191 e. The van der Waals surface area contributed by atoms with Gasteiger partial charge in [-0.05, 0) is 50.1 Å². The Morgan fingerprint density at radius 2 is 1.97 bits per heavy atom. The van der Waals surface area contributed by atoms with E-state index in [0.29, 0.717) is 23.1 Å². The van der Waals surface area contributed by atoms with E-state index in [1.165, 1.54) is 5.56 Å². The summed E-state index contributed by atoms with van der Waals surface area (Å²) in [5, 5.41) is 17.6. The van der Waals surface area contributed by atoms with E-state index in [1.54, 1.807) is 26.4 Å². The van der Waals surface area contributed by atoms with Crippen LogP contribution >= 0.6 is 24.0 Å². The molecule has 7 nitrogen and oxygen atoms in total. The van der Waals surface area contributed by atoms with Crippen molar-refractivity contribution < 1.29 is 14.6 Å². The van der Waals surface area contributed by atoms with Gasteiger partial charge < -0.3 is 25.2 Å². The van der Waals surface area contributed by atoms with Crippen molar-refractivity contribution >= 4 is 29.9 Å². The molecule has 0 amide bonds. The molecule has 33 heavy (non-hydrogen) atoms. The molecule has 2 unspecified atom stereocenters. The average molecular weight is 569 g/mol. The van der Waals surface area contributed by atoms with E-state index in [0.717, 1.165) is 45.0 Å². The monoisotopic (exact) mass is 568 g/mol. The minimum Gasteiger partial charge on any atom is -0.497 e. The van der Waals surface area contributed by atoms with Crippen LogP contribution in [0.4, 0.5) is 0 Å². The lowest BCUT2D eigenvalue weighted by atomic mass is 10.0. The third kappa shape index (κ3) is 8.35. The van der Waals surface area contributed by atoms with Crippen LogP contribution in [0.3, 0.4) is 0 Å². The van der Waals surface area contributed by atoms with E-state index in [4.69, 9.17) is 9.47 Å². The number of hydrogen-bond donors (Lipinski definition) is 3. The first kappa shape index (κ1) is 27.2. The zero-order valence-corrected chi connectivity index (χ0v) is 22.1. The van der Waals surface area contributed by atoms with Gasteiger partial charge in [0.2, 0.25) is 0 Å². The van der Waals surface area contributed by atoms with Crippen molar-refractivity contribution in [3.05, 3.63) is 59.7 Å². The zero-order chi connectivity index (χ0) is 22.8. The predicted molar refractivity (Wildman–Crippen MR) is 144 cm³/mol. The van der Waals surface area contributed by atoms with Gasteiger partial charge >= 0.3 is 0 Å². The van der Waals surface area contributed by atoms with E-state index in [9.17, 15) is 5.11 Å². The third-order valence-electron chi connectivity index (χ3n) is 5.66. The number of aliphatic hydroxyl groups is 1. The number of nitrogens with zero attached hydrogens (tertiary/aromatic N) is 2. The molecule has 182 valence electrons. The Morgan fingerprint density at radius 3 is 2.67 bits per heavy atom. The Labute approximate surface area is 214 Å². The summed E-state index contributed by atoms with van der Waals surface area (Å²) >= 11 is 0. The van der Waals surface area contributed by atoms with Crippen LogP contribution in [0.1, 0.15) is 37.0 Å². The highest BCUT2D eigenvalue weighted by Crippen LogP contribution is 2.29. The summed E-state index contributed by atoms with van der Waals surface area (Å²) in [4.78, 5) is 7.14. The Bertz CT molecular complexity index is 866. The first-order chi connectivity index (χ1) is 15.6. The first-order valence-electron chi connectivity index (χ1n) is 11.3. The van der Waals surface area contributed by atoms with Gasteiger partial charge in [-0.1, -0.05) is 30.3 Å². The number of methoxy groups -OCH3 is 2. The molecule has 1 heterocycles. The fourth-order valence-electron chi connectivity index (χ4n) is 4.05. The van der Waals surface area contributed by atoms with Gasteiger partial charge in [-0.25, -0.2) is 0 Å². The van der Waals surface area contributed by atoms with Crippen LogP contribution in [0, 0.1) is 0 Å². The summed E-state index contributed by atoms with van der Waals surface area (Å²) in [6.45, 7) is 6.05. The van der Waals surface area contributed by atoms with Crippen LogP contribution in [0.15, 0.2) is 53.5 Å². The van der Waals surface area contributed by atoms with Gasteiger partial charge in [0.05, 0.1) is 20.8 Å². The zero-order valence-electron chi connectivity index (χ0n) is 19.8. The van der Waals surface area contributed by atoms with E-state index in [-0.39, 0.29) is 30.5 Å². The number of aliphatic imine (C=N–C) groups is 1. The molecule has 2 aromatic rings. The molecule has 0 bridgehead atoms. The second-order valence-corrected chi connectivity index (χ2v) is 8.05. The van der Waals surface area contributed by atoms with Crippen molar-refractivity contribution in [2.45, 2.75) is 38.5 Å². The lowest BCUT2D eigenvalue weighted by Gasteiger charge is -2.34. The van der Waals surface area contributed by atoms with Gasteiger partial charge in [-0.3, -0.25) is 9.89 Å². The maximum absolute atomic E-state index is 10.8. The molecular formula is C25H37IN4O3. The number of hydrogen-bond acceptors (Lipinski definition) is 5. The molecule has 1 fully saturated rings. The highest BCUT2D eigenvalue weighted by Gasteiger charge is 2.21. The molecule has 0 radical (unpaired) electrons. The summed E-state index contributed by atoms with van der Waals surface area (Å²) in [5.41, 5.74) is 2.00. The highest BCUT2D eigenvalue weighted by atomic mass is 127. The van der Waals surface area contributed by atoms with Gasteiger partial charge in [0.25, 0.3) is 0 Å². The van der Waals surface area contributed by atoms with Crippen molar-refractivity contribution in [1.82, 2.24) is 15.5 Å². The lowest BCUT2D eigenvalue weighted by Crippen LogP contribution is -2.51. The molecule has 8 heteroatoms.